The second kappa shape index (κ2) is 12.9. The number of hydrogen-bond acceptors (Lipinski definition) is 1. The molecule has 0 N–H and O–H groups in total. The van der Waals surface area contributed by atoms with Gasteiger partial charge >= 0.3 is 0 Å². The molecule has 0 spiro atoms. The number of unbranched alkanes of at least 4 members (excludes halogenated alkanes) is 2. The molecule has 1 heteroatoms. The Labute approximate surface area is 191 Å². The van der Waals surface area contributed by atoms with Crippen molar-refractivity contribution in [3.8, 4) is 6.07 Å². The smallest absolute Gasteiger partial charge is 0.0908 e. The normalized spacial score (nSPS) is 26.6. The van der Waals surface area contributed by atoms with Crippen molar-refractivity contribution in [2.75, 3.05) is 0 Å². The number of rotatable bonds is 10. The van der Waals surface area contributed by atoms with E-state index < -0.39 is 0 Å². The predicted octanol–water partition coefficient (Wildman–Crippen LogP) is 8.92. The SMILES string of the molecule is C=C([C@H]1CC[C@H](CC/C=C/C#N)CC1)[C@H]1CC[C@H](c2ccc(CCCCC)cc2)CC1. The molecular weight excluding hydrogens is 374 g/mol. The average Bonchev–Trinajstić information content (AvgIpc) is 2.83. The Morgan fingerprint density at radius 3 is 2.23 bits per heavy atom. The standard InChI is InChI=1S/C30H43N/c1-3-4-6-9-25-13-17-29(18-14-25)30-21-19-28(20-22-30)24(2)27-15-11-26(12-16-27)10-7-5-8-23-31/h5,8,13-14,17-18,26-28,30H,2-4,6-7,9-12,15-16,19-22H2,1H3/b8-5+/t26-,27-,28-,30-. The van der Waals surface area contributed by atoms with E-state index in [1.807, 2.05) is 6.08 Å². The van der Waals surface area contributed by atoms with Gasteiger partial charge in [0.2, 0.25) is 0 Å². The maximum absolute atomic E-state index is 8.60. The van der Waals surface area contributed by atoms with Gasteiger partial charge in [0.1, 0.15) is 0 Å². The average molecular weight is 418 g/mol. The Morgan fingerprint density at radius 1 is 0.968 bits per heavy atom. The second-order valence-corrected chi connectivity index (χ2v) is 10.1. The summed E-state index contributed by atoms with van der Waals surface area (Å²) in [4.78, 5) is 0. The molecule has 1 aromatic carbocycles. The predicted molar refractivity (Wildman–Crippen MR) is 133 cm³/mol. The molecule has 0 amide bonds. The summed E-state index contributed by atoms with van der Waals surface area (Å²) in [5.41, 5.74) is 4.65. The van der Waals surface area contributed by atoms with Gasteiger partial charge in [0.25, 0.3) is 0 Å². The van der Waals surface area contributed by atoms with E-state index in [4.69, 9.17) is 5.26 Å². The highest BCUT2D eigenvalue weighted by molar-refractivity contribution is 5.26. The van der Waals surface area contributed by atoms with Crippen LogP contribution in [0.1, 0.15) is 107 Å². The fourth-order valence-electron chi connectivity index (χ4n) is 5.96. The highest BCUT2D eigenvalue weighted by Crippen LogP contribution is 2.44. The van der Waals surface area contributed by atoms with Gasteiger partial charge in [-0.15, -0.1) is 0 Å². The number of benzene rings is 1. The van der Waals surface area contributed by atoms with Crippen LogP contribution in [-0.2, 0) is 6.42 Å². The van der Waals surface area contributed by atoms with Crippen molar-refractivity contribution in [3.63, 3.8) is 0 Å². The maximum Gasteiger partial charge on any atom is 0.0908 e. The van der Waals surface area contributed by atoms with E-state index >= 15 is 0 Å². The van der Waals surface area contributed by atoms with Crippen LogP contribution < -0.4 is 0 Å². The van der Waals surface area contributed by atoms with Gasteiger partial charge in [-0.1, -0.05) is 62.3 Å². The summed E-state index contributed by atoms with van der Waals surface area (Å²) in [5, 5.41) is 8.60. The molecule has 0 unspecified atom stereocenters. The molecule has 0 aliphatic heterocycles. The van der Waals surface area contributed by atoms with E-state index in [1.54, 1.807) is 17.2 Å². The Balaban J connectivity index is 1.39. The molecule has 0 bridgehead atoms. The minimum Gasteiger partial charge on any atom is -0.193 e. The molecule has 0 heterocycles. The molecule has 2 aliphatic carbocycles. The van der Waals surface area contributed by atoms with Crippen LogP contribution in [0.2, 0.25) is 0 Å². The van der Waals surface area contributed by atoms with E-state index in [0.717, 1.165) is 30.1 Å². The third-order valence-electron chi connectivity index (χ3n) is 8.08. The summed E-state index contributed by atoms with van der Waals surface area (Å²) in [6, 6.07) is 11.7. The molecule has 2 saturated carbocycles. The van der Waals surface area contributed by atoms with E-state index in [0.29, 0.717) is 0 Å². The topological polar surface area (TPSA) is 23.8 Å². The summed E-state index contributed by atoms with van der Waals surface area (Å²) >= 11 is 0. The Bertz CT molecular complexity index is 719. The van der Waals surface area contributed by atoms with E-state index in [9.17, 15) is 0 Å². The van der Waals surface area contributed by atoms with Gasteiger partial charge in [0, 0.05) is 6.08 Å². The number of hydrogen-bond donors (Lipinski definition) is 0. The first kappa shape index (κ1) is 23.8. The molecule has 0 saturated heterocycles. The van der Waals surface area contributed by atoms with Crippen molar-refractivity contribution in [3.05, 3.63) is 59.7 Å². The second-order valence-electron chi connectivity index (χ2n) is 10.1. The van der Waals surface area contributed by atoms with Crippen molar-refractivity contribution in [2.45, 2.75) is 103 Å². The van der Waals surface area contributed by atoms with Gasteiger partial charge in [-0.05, 0) is 112 Å². The zero-order valence-corrected chi connectivity index (χ0v) is 19.8. The highest BCUT2D eigenvalue weighted by atomic mass is 14.3. The minimum atomic E-state index is 0.754. The van der Waals surface area contributed by atoms with Crippen LogP contribution in [0.15, 0.2) is 48.6 Å². The van der Waals surface area contributed by atoms with Crippen molar-refractivity contribution < 1.29 is 0 Å². The Hall–Kier alpha value is -1.81. The van der Waals surface area contributed by atoms with Gasteiger partial charge in [-0.3, -0.25) is 0 Å². The third-order valence-corrected chi connectivity index (χ3v) is 8.08. The first-order valence-corrected chi connectivity index (χ1v) is 13.0. The van der Waals surface area contributed by atoms with Gasteiger partial charge in [-0.25, -0.2) is 0 Å². The quantitative estimate of drug-likeness (QED) is 0.212. The minimum absolute atomic E-state index is 0.754. The van der Waals surface area contributed by atoms with Crippen LogP contribution >= 0.6 is 0 Å². The molecule has 0 radical (unpaired) electrons. The lowest BCUT2D eigenvalue weighted by atomic mass is 9.69. The summed E-state index contributed by atoms with van der Waals surface area (Å²) in [5.74, 6) is 3.12. The van der Waals surface area contributed by atoms with Crippen LogP contribution in [0, 0.1) is 29.1 Å². The van der Waals surface area contributed by atoms with Gasteiger partial charge in [-0.2, -0.15) is 5.26 Å². The van der Waals surface area contributed by atoms with Crippen molar-refractivity contribution in [2.24, 2.45) is 17.8 Å². The Morgan fingerprint density at radius 2 is 1.61 bits per heavy atom. The molecule has 0 atom stereocenters. The maximum atomic E-state index is 8.60. The van der Waals surface area contributed by atoms with E-state index in [2.05, 4.69) is 43.8 Å². The van der Waals surface area contributed by atoms with Gasteiger partial charge in [0.05, 0.1) is 6.07 Å². The summed E-state index contributed by atoms with van der Waals surface area (Å²) < 4.78 is 0. The fourth-order valence-corrected chi connectivity index (χ4v) is 5.96. The van der Waals surface area contributed by atoms with Crippen LogP contribution in [0.25, 0.3) is 0 Å². The van der Waals surface area contributed by atoms with Crippen LogP contribution in [0.3, 0.4) is 0 Å². The lowest BCUT2D eigenvalue weighted by molar-refractivity contribution is 0.260. The first-order valence-electron chi connectivity index (χ1n) is 13.0. The molecule has 0 aromatic heterocycles. The number of nitrogens with zero attached hydrogens (tertiary/aromatic N) is 1. The number of aryl methyl sites for hydroxylation is 1. The van der Waals surface area contributed by atoms with E-state index in [1.165, 1.54) is 89.0 Å². The number of allylic oxidation sites excluding steroid dienone is 3. The fraction of sp³-hybridized carbons (Fsp3) is 0.633. The van der Waals surface area contributed by atoms with Gasteiger partial charge in [0.15, 0.2) is 0 Å². The van der Waals surface area contributed by atoms with Crippen LogP contribution in [-0.4, -0.2) is 0 Å². The molecule has 2 aliphatic rings. The molecule has 3 rings (SSSR count). The van der Waals surface area contributed by atoms with Crippen LogP contribution in [0.4, 0.5) is 0 Å². The molecule has 2 fully saturated rings. The molecular formula is C30H43N. The van der Waals surface area contributed by atoms with Crippen molar-refractivity contribution in [1.82, 2.24) is 0 Å². The lowest BCUT2D eigenvalue weighted by Gasteiger charge is -2.36. The first-order chi connectivity index (χ1) is 15.2. The zero-order valence-electron chi connectivity index (χ0n) is 19.8. The molecule has 31 heavy (non-hydrogen) atoms. The molecule has 1 aromatic rings. The highest BCUT2D eigenvalue weighted by Gasteiger charge is 2.29. The monoisotopic (exact) mass is 417 g/mol. The number of nitriles is 1. The zero-order chi connectivity index (χ0) is 21.9. The summed E-state index contributed by atoms with van der Waals surface area (Å²) in [6.45, 7) is 6.89. The Kier molecular flexibility index (Phi) is 9.92. The van der Waals surface area contributed by atoms with Crippen molar-refractivity contribution in [1.29, 1.82) is 5.26 Å². The summed E-state index contributed by atoms with van der Waals surface area (Å²) in [7, 11) is 0. The third kappa shape index (κ3) is 7.38. The van der Waals surface area contributed by atoms with Gasteiger partial charge < -0.3 is 0 Å². The molecule has 1 nitrogen and oxygen atoms in total. The lowest BCUT2D eigenvalue weighted by Crippen LogP contribution is -2.22. The van der Waals surface area contributed by atoms with E-state index in [-0.39, 0.29) is 0 Å². The van der Waals surface area contributed by atoms with Crippen LogP contribution in [0.5, 0.6) is 0 Å². The molecule has 168 valence electrons. The summed E-state index contributed by atoms with van der Waals surface area (Å²) in [6.07, 6.45) is 21.9. The largest absolute Gasteiger partial charge is 0.193 e. The van der Waals surface area contributed by atoms with Crippen molar-refractivity contribution >= 4 is 0 Å².